The summed E-state index contributed by atoms with van der Waals surface area (Å²) in [5.41, 5.74) is 2.27. The first-order valence-corrected chi connectivity index (χ1v) is 10.7. The number of anilines is 2. The van der Waals surface area contributed by atoms with Gasteiger partial charge in [-0.25, -0.2) is 8.42 Å². The Bertz CT molecular complexity index is 1070. The molecule has 0 aliphatic rings. The topological polar surface area (TPSA) is 66.5 Å². The predicted octanol–water partition coefficient (Wildman–Crippen LogP) is 4.56. The summed E-state index contributed by atoms with van der Waals surface area (Å²) < 4.78 is 25.9. The molecule has 0 unspecified atom stereocenters. The minimum absolute atomic E-state index is 0.105. The zero-order valence-electron chi connectivity index (χ0n) is 15.2. The second-order valence-corrected chi connectivity index (χ2v) is 8.54. The van der Waals surface area contributed by atoms with Crippen LogP contribution in [0.1, 0.15) is 15.9 Å². The molecule has 1 amide bonds. The van der Waals surface area contributed by atoms with Crippen LogP contribution in [-0.4, -0.2) is 20.6 Å². The number of carbonyl (C=O) groups excluding carboxylic acids is 1. The number of carbonyl (C=O) groups is 1. The molecular formula is C21H19ClN2O3S. The first kappa shape index (κ1) is 19.9. The van der Waals surface area contributed by atoms with E-state index in [-0.39, 0.29) is 12.5 Å². The van der Waals surface area contributed by atoms with Gasteiger partial charge in [0.05, 0.1) is 18.5 Å². The van der Waals surface area contributed by atoms with E-state index in [1.807, 2.05) is 18.2 Å². The van der Waals surface area contributed by atoms with E-state index in [0.717, 1.165) is 6.26 Å². The van der Waals surface area contributed by atoms with Crippen molar-refractivity contribution < 1.29 is 13.2 Å². The van der Waals surface area contributed by atoms with Gasteiger partial charge >= 0.3 is 0 Å². The van der Waals surface area contributed by atoms with Crippen molar-refractivity contribution in [3.63, 3.8) is 0 Å². The molecule has 0 atom stereocenters. The molecule has 0 saturated heterocycles. The number of amides is 1. The molecule has 0 heterocycles. The van der Waals surface area contributed by atoms with E-state index < -0.39 is 10.0 Å². The molecule has 0 radical (unpaired) electrons. The largest absolute Gasteiger partial charge is 0.322 e. The summed E-state index contributed by atoms with van der Waals surface area (Å²) in [6, 6.07) is 22.6. The Morgan fingerprint density at radius 3 is 2.14 bits per heavy atom. The lowest BCUT2D eigenvalue weighted by Crippen LogP contribution is -2.29. The summed E-state index contributed by atoms with van der Waals surface area (Å²) in [5, 5.41) is 3.29. The Morgan fingerprint density at radius 2 is 1.54 bits per heavy atom. The standard InChI is InChI=1S/C21H19ClN2O3S/c1-28(26,27)24(15-17-7-5-6-10-20(17)22)19-13-11-16(12-14-19)21(25)23-18-8-3-2-4-9-18/h2-14H,15H2,1H3,(H,23,25). The van der Waals surface area contributed by atoms with Gasteiger partial charge in [0.15, 0.2) is 0 Å². The zero-order valence-corrected chi connectivity index (χ0v) is 16.7. The highest BCUT2D eigenvalue weighted by Crippen LogP contribution is 2.24. The summed E-state index contributed by atoms with van der Waals surface area (Å²) >= 11 is 6.18. The minimum Gasteiger partial charge on any atom is -0.322 e. The summed E-state index contributed by atoms with van der Waals surface area (Å²) in [4.78, 5) is 12.4. The molecular weight excluding hydrogens is 396 g/mol. The lowest BCUT2D eigenvalue weighted by Gasteiger charge is -2.23. The highest BCUT2D eigenvalue weighted by atomic mass is 35.5. The van der Waals surface area contributed by atoms with Crippen LogP contribution < -0.4 is 9.62 Å². The third-order valence-corrected chi connectivity index (χ3v) is 5.63. The van der Waals surface area contributed by atoms with Gasteiger partial charge in [-0.2, -0.15) is 0 Å². The monoisotopic (exact) mass is 414 g/mol. The fourth-order valence-electron chi connectivity index (χ4n) is 2.69. The van der Waals surface area contributed by atoms with Crippen molar-refractivity contribution in [3.8, 4) is 0 Å². The van der Waals surface area contributed by atoms with E-state index in [1.165, 1.54) is 4.31 Å². The zero-order chi connectivity index (χ0) is 20.1. The van der Waals surface area contributed by atoms with Crippen LogP contribution in [0.3, 0.4) is 0 Å². The molecule has 0 bridgehead atoms. The average molecular weight is 415 g/mol. The van der Waals surface area contributed by atoms with Gasteiger partial charge in [0.2, 0.25) is 10.0 Å². The molecule has 0 aromatic heterocycles. The summed E-state index contributed by atoms with van der Waals surface area (Å²) in [6.07, 6.45) is 1.14. The van der Waals surface area contributed by atoms with E-state index >= 15 is 0 Å². The van der Waals surface area contributed by atoms with Crippen molar-refractivity contribution in [2.75, 3.05) is 15.9 Å². The van der Waals surface area contributed by atoms with Gasteiger partial charge in [0.1, 0.15) is 0 Å². The van der Waals surface area contributed by atoms with Crippen molar-refractivity contribution in [1.29, 1.82) is 0 Å². The molecule has 28 heavy (non-hydrogen) atoms. The van der Waals surface area contributed by atoms with E-state index in [9.17, 15) is 13.2 Å². The van der Waals surface area contributed by atoms with Gasteiger partial charge in [-0.05, 0) is 48.0 Å². The van der Waals surface area contributed by atoms with E-state index in [2.05, 4.69) is 5.32 Å². The van der Waals surface area contributed by atoms with Gasteiger partial charge < -0.3 is 5.32 Å². The molecule has 7 heteroatoms. The fraction of sp³-hybridized carbons (Fsp3) is 0.0952. The van der Waals surface area contributed by atoms with Crippen LogP contribution in [-0.2, 0) is 16.6 Å². The first-order chi connectivity index (χ1) is 13.3. The molecule has 0 aliphatic heterocycles. The normalized spacial score (nSPS) is 11.1. The second-order valence-electron chi connectivity index (χ2n) is 6.23. The lowest BCUT2D eigenvalue weighted by molar-refractivity contribution is 0.102. The summed E-state index contributed by atoms with van der Waals surface area (Å²) in [5.74, 6) is -0.269. The molecule has 144 valence electrons. The maximum absolute atomic E-state index is 12.4. The quantitative estimate of drug-likeness (QED) is 0.643. The predicted molar refractivity (Wildman–Crippen MR) is 113 cm³/mol. The van der Waals surface area contributed by atoms with E-state index in [0.29, 0.717) is 27.5 Å². The Balaban J connectivity index is 1.82. The van der Waals surface area contributed by atoms with E-state index in [4.69, 9.17) is 11.6 Å². The van der Waals surface area contributed by atoms with Gasteiger partial charge in [-0.3, -0.25) is 9.10 Å². The van der Waals surface area contributed by atoms with Gasteiger partial charge in [0.25, 0.3) is 5.91 Å². The van der Waals surface area contributed by atoms with Crippen LogP contribution in [0.2, 0.25) is 5.02 Å². The number of nitrogens with zero attached hydrogens (tertiary/aromatic N) is 1. The Labute approximate surface area is 169 Å². The molecule has 0 fully saturated rings. The van der Waals surface area contributed by atoms with Gasteiger partial charge in [0, 0.05) is 16.3 Å². The van der Waals surface area contributed by atoms with Crippen LogP contribution in [0, 0.1) is 0 Å². The SMILES string of the molecule is CS(=O)(=O)N(Cc1ccccc1Cl)c1ccc(C(=O)Nc2ccccc2)cc1. The van der Waals surface area contributed by atoms with Crippen molar-refractivity contribution in [3.05, 3.63) is 95.0 Å². The number of hydrogen-bond acceptors (Lipinski definition) is 3. The highest BCUT2D eigenvalue weighted by Gasteiger charge is 2.19. The van der Waals surface area contributed by atoms with Gasteiger partial charge in [-0.1, -0.05) is 48.0 Å². The molecule has 0 aliphatic carbocycles. The van der Waals surface area contributed by atoms with Crippen molar-refractivity contribution >= 4 is 38.9 Å². The second kappa shape index (κ2) is 8.46. The molecule has 3 rings (SSSR count). The Morgan fingerprint density at radius 1 is 0.929 bits per heavy atom. The molecule has 0 spiro atoms. The number of halogens is 1. The maximum atomic E-state index is 12.4. The first-order valence-electron chi connectivity index (χ1n) is 8.52. The Kier molecular flexibility index (Phi) is 6.02. The number of para-hydroxylation sites is 1. The Hall–Kier alpha value is -2.83. The lowest BCUT2D eigenvalue weighted by atomic mass is 10.1. The van der Waals surface area contributed by atoms with Crippen LogP contribution in [0.4, 0.5) is 11.4 Å². The number of benzene rings is 3. The van der Waals surface area contributed by atoms with Crippen LogP contribution >= 0.6 is 11.6 Å². The number of sulfonamides is 1. The smallest absolute Gasteiger partial charge is 0.255 e. The van der Waals surface area contributed by atoms with Crippen molar-refractivity contribution in [2.45, 2.75) is 6.54 Å². The van der Waals surface area contributed by atoms with Crippen LogP contribution in [0.5, 0.6) is 0 Å². The van der Waals surface area contributed by atoms with Crippen molar-refractivity contribution in [1.82, 2.24) is 0 Å². The number of hydrogen-bond donors (Lipinski definition) is 1. The fourth-order valence-corrected chi connectivity index (χ4v) is 3.76. The summed E-state index contributed by atoms with van der Waals surface area (Å²) in [6.45, 7) is 0.105. The van der Waals surface area contributed by atoms with Crippen molar-refractivity contribution in [2.24, 2.45) is 0 Å². The van der Waals surface area contributed by atoms with E-state index in [1.54, 1.807) is 60.7 Å². The third-order valence-electron chi connectivity index (χ3n) is 4.12. The third kappa shape index (κ3) is 4.91. The number of rotatable bonds is 6. The van der Waals surface area contributed by atoms with Crippen LogP contribution in [0.15, 0.2) is 78.9 Å². The highest BCUT2D eigenvalue weighted by molar-refractivity contribution is 7.92. The summed E-state index contributed by atoms with van der Waals surface area (Å²) in [7, 11) is -3.54. The maximum Gasteiger partial charge on any atom is 0.255 e. The van der Waals surface area contributed by atoms with Crippen LogP contribution in [0.25, 0.3) is 0 Å². The van der Waals surface area contributed by atoms with Gasteiger partial charge in [-0.15, -0.1) is 0 Å². The molecule has 1 N–H and O–H groups in total. The number of nitrogens with one attached hydrogen (secondary N) is 1. The molecule has 3 aromatic rings. The molecule has 5 nitrogen and oxygen atoms in total. The molecule has 3 aromatic carbocycles. The minimum atomic E-state index is -3.54. The average Bonchev–Trinajstić information content (AvgIpc) is 2.67. The molecule has 0 saturated carbocycles.